The third-order valence-corrected chi connectivity index (χ3v) is 3.43. The maximum atomic E-state index is 5.78. The smallest absolute Gasteiger partial charge is 0.0266 e. The lowest BCUT2D eigenvalue weighted by Crippen LogP contribution is -2.04. The molecule has 0 aliphatic carbocycles. The van der Waals surface area contributed by atoms with Crippen LogP contribution < -0.4 is 5.73 Å². The number of rotatable bonds is 4. The molecule has 0 saturated heterocycles. The van der Waals surface area contributed by atoms with Crippen LogP contribution in [0.2, 0.25) is 0 Å². The van der Waals surface area contributed by atoms with Gasteiger partial charge in [0.05, 0.1) is 0 Å². The zero-order valence-corrected chi connectivity index (χ0v) is 9.97. The number of hydrogen-bond donors (Lipinski definition) is 1. The summed E-state index contributed by atoms with van der Waals surface area (Å²) in [6.45, 7) is 6.49. The van der Waals surface area contributed by atoms with Crippen molar-refractivity contribution < 1.29 is 0 Å². The first-order chi connectivity index (χ1) is 6.59. The molecule has 1 unspecified atom stereocenters. The van der Waals surface area contributed by atoms with Crippen molar-refractivity contribution in [3.05, 3.63) is 29.8 Å². The molecule has 0 saturated carbocycles. The zero-order valence-electron chi connectivity index (χ0n) is 9.16. The van der Waals surface area contributed by atoms with Crippen LogP contribution in [-0.4, -0.2) is 5.75 Å². The second-order valence-corrected chi connectivity index (χ2v) is 5.16. The summed E-state index contributed by atoms with van der Waals surface area (Å²) in [5.41, 5.74) is 6.99. The zero-order chi connectivity index (χ0) is 10.6. The van der Waals surface area contributed by atoms with Crippen molar-refractivity contribution >= 4 is 11.8 Å². The SMILES string of the molecule is CC(C)CSc1ccc(C(C)N)cc1. The highest BCUT2D eigenvalue weighted by molar-refractivity contribution is 7.99. The quantitative estimate of drug-likeness (QED) is 0.769. The summed E-state index contributed by atoms with van der Waals surface area (Å²) >= 11 is 1.91. The van der Waals surface area contributed by atoms with E-state index in [2.05, 4.69) is 38.1 Å². The topological polar surface area (TPSA) is 26.0 Å². The van der Waals surface area contributed by atoms with E-state index in [0.29, 0.717) is 0 Å². The van der Waals surface area contributed by atoms with E-state index >= 15 is 0 Å². The average molecular weight is 209 g/mol. The third kappa shape index (κ3) is 3.72. The molecule has 2 heteroatoms. The van der Waals surface area contributed by atoms with Crippen LogP contribution in [0.4, 0.5) is 0 Å². The maximum Gasteiger partial charge on any atom is 0.0266 e. The van der Waals surface area contributed by atoms with Gasteiger partial charge >= 0.3 is 0 Å². The average Bonchev–Trinajstić information content (AvgIpc) is 2.15. The molecule has 0 spiro atoms. The van der Waals surface area contributed by atoms with Gasteiger partial charge in [-0.1, -0.05) is 26.0 Å². The fraction of sp³-hybridized carbons (Fsp3) is 0.500. The van der Waals surface area contributed by atoms with E-state index in [1.165, 1.54) is 16.2 Å². The van der Waals surface area contributed by atoms with Gasteiger partial charge < -0.3 is 5.73 Å². The molecular weight excluding hydrogens is 190 g/mol. The number of nitrogens with two attached hydrogens (primary N) is 1. The van der Waals surface area contributed by atoms with E-state index in [0.717, 1.165) is 5.92 Å². The number of thioether (sulfide) groups is 1. The van der Waals surface area contributed by atoms with Crippen molar-refractivity contribution in [3.8, 4) is 0 Å². The molecule has 1 atom stereocenters. The Bertz CT molecular complexity index is 264. The molecule has 0 radical (unpaired) electrons. The molecule has 0 amide bonds. The van der Waals surface area contributed by atoms with Gasteiger partial charge in [-0.05, 0) is 30.5 Å². The van der Waals surface area contributed by atoms with Crippen LogP contribution >= 0.6 is 11.8 Å². The lowest BCUT2D eigenvalue weighted by molar-refractivity contribution is 0.750. The highest BCUT2D eigenvalue weighted by atomic mass is 32.2. The van der Waals surface area contributed by atoms with E-state index < -0.39 is 0 Å². The second-order valence-electron chi connectivity index (χ2n) is 4.06. The lowest BCUT2D eigenvalue weighted by atomic mass is 10.1. The van der Waals surface area contributed by atoms with Crippen molar-refractivity contribution in [2.24, 2.45) is 11.7 Å². The summed E-state index contributed by atoms with van der Waals surface area (Å²) in [4.78, 5) is 1.34. The molecule has 0 aromatic heterocycles. The van der Waals surface area contributed by atoms with E-state index in [1.807, 2.05) is 18.7 Å². The first-order valence-corrected chi connectivity index (χ1v) is 6.06. The summed E-state index contributed by atoms with van der Waals surface area (Å²) in [6.07, 6.45) is 0. The monoisotopic (exact) mass is 209 g/mol. The van der Waals surface area contributed by atoms with Crippen molar-refractivity contribution in [3.63, 3.8) is 0 Å². The first kappa shape index (κ1) is 11.6. The van der Waals surface area contributed by atoms with Gasteiger partial charge in [-0.25, -0.2) is 0 Å². The Kier molecular flexibility index (Phi) is 4.49. The van der Waals surface area contributed by atoms with Gasteiger partial charge in [-0.15, -0.1) is 11.8 Å². The predicted molar refractivity (Wildman–Crippen MR) is 64.6 cm³/mol. The summed E-state index contributed by atoms with van der Waals surface area (Å²) in [5, 5.41) is 0. The van der Waals surface area contributed by atoms with Gasteiger partial charge in [0.1, 0.15) is 0 Å². The van der Waals surface area contributed by atoms with Crippen LogP contribution in [-0.2, 0) is 0 Å². The molecule has 0 aliphatic rings. The van der Waals surface area contributed by atoms with Gasteiger partial charge in [0.2, 0.25) is 0 Å². The molecule has 0 heterocycles. The van der Waals surface area contributed by atoms with Crippen LogP contribution in [0.5, 0.6) is 0 Å². The minimum atomic E-state index is 0.138. The Morgan fingerprint density at radius 3 is 2.14 bits per heavy atom. The minimum absolute atomic E-state index is 0.138. The first-order valence-electron chi connectivity index (χ1n) is 5.08. The minimum Gasteiger partial charge on any atom is -0.324 e. The van der Waals surface area contributed by atoms with Crippen LogP contribution in [0, 0.1) is 5.92 Å². The van der Waals surface area contributed by atoms with E-state index in [1.54, 1.807) is 0 Å². The molecule has 78 valence electrons. The van der Waals surface area contributed by atoms with Gasteiger partial charge in [-0.2, -0.15) is 0 Å². The highest BCUT2D eigenvalue weighted by Gasteiger charge is 2.00. The summed E-state index contributed by atoms with van der Waals surface area (Å²) in [6, 6.07) is 8.69. The Morgan fingerprint density at radius 1 is 1.14 bits per heavy atom. The van der Waals surface area contributed by atoms with E-state index in [-0.39, 0.29) is 6.04 Å². The molecule has 1 aromatic rings. The van der Waals surface area contributed by atoms with Crippen molar-refractivity contribution in [2.75, 3.05) is 5.75 Å². The molecular formula is C12H19NS. The van der Waals surface area contributed by atoms with E-state index in [9.17, 15) is 0 Å². The van der Waals surface area contributed by atoms with Gasteiger partial charge in [0.15, 0.2) is 0 Å². The largest absolute Gasteiger partial charge is 0.324 e. The normalized spacial score (nSPS) is 13.2. The molecule has 1 rings (SSSR count). The summed E-state index contributed by atoms with van der Waals surface area (Å²) in [7, 11) is 0. The molecule has 0 bridgehead atoms. The van der Waals surface area contributed by atoms with Crippen LogP contribution in [0.3, 0.4) is 0 Å². The van der Waals surface area contributed by atoms with Crippen molar-refractivity contribution in [2.45, 2.75) is 31.7 Å². The second kappa shape index (κ2) is 5.42. The Morgan fingerprint density at radius 2 is 1.71 bits per heavy atom. The van der Waals surface area contributed by atoms with Crippen molar-refractivity contribution in [1.82, 2.24) is 0 Å². The Hall–Kier alpha value is -0.470. The summed E-state index contributed by atoms with van der Waals surface area (Å²) in [5.74, 6) is 1.92. The van der Waals surface area contributed by atoms with Crippen molar-refractivity contribution in [1.29, 1.82) is 0 Å². The van der Waals surface area contributed by atoms with E-state index in [4.69, 9.17) is 5.73 Å². The van der Waals surface area contributed by atoms with Crippen LogP contribution in [0.1, 0.15) is 32.4 Å². The number of benzene rings is 1. The molecule has 0 aliphatic heterocycles. The molecule has 2 N–H and O–H groups in total. The van der Waals surface area contributed by atoms with Crippen LogP contribution in [0.15, 0.2) is 29.2 Å². The predicted octanol–water partition coefficient (Wildman–Crippen LogP) is 3.45. The highest BCUT2D eigenvalue weighted by Crippen LogP contribution is 2.22. The Labute approximate surface area is 91.1 Å². The van der Waals surface area contributed by atoms with Gasteiger partial charge in [0.25, 0.3) is 0 Å². The van der Waals surface area contributed by atoms with Gasteiger partial charge in [-0.3, -0.25) is 0 Å². The molecule has 0 fully saturated rings. The summed E-state index contributed by atoms with van der Waals surface area (Å²) < 4.78 is 0. The van der Waals surface area contributed by atoms with Crippen LogP contribution in [0.25, 0.3) is 0 Å². The third-order valence-electron chi connectivity index (χ3n) is 1.99. The standard InChI is InChI=1S/C12H19NS/c1-9(2)8-14-12-6-4-11(5-7-12)10(3)13/h4-7,9-10H,8,13H2,1-3H3. The fourth-order valence-corrected chi connectivity index (χ4v) is 1.98. The molecule has 14 heavy (non-hydrogen) atoms. The Balaban J connectivity index is 2.55. The number of hydrogen-bond acceptors (Lipinski definition) is 2. The molecule has 1 aromatic carbocycles. The fourth-order valence-electron chi connectivity index (χ4n) is 1.13. The molecule has 1 nitrogen and oxygen atoms in total. The van der Waals surface area contributed by atoms with Gasteiger partial charge in [0, 0.05) is 16.7 Å². The lowest BCUT2D eigenvalue weighted by Gasteiger charge is -2.07. The maximum absolute atomic E-state index is 5.78.